The fraction of sp³-hybridized carbons (Fsp3) is 0.333. The van der Waals surface area contributed by atoms with E-state index in [9.17, 15) is 14.7 Å². The highest BCUT2D eigenvalue weighted by molar-refractivity contribution is 9.10. The van der Waals surface area contributed by atoms with Crippen molar-refractivity contribution in [2.75, 3.05) is 21.3 Å². The molecule has 140 valence electrons. The molecular weight excluding hydrogens is 406 g/mol. The number of allylic oxidation sites excluding steroid dienone is 2. The summed E-state index contributed by atoms with van der Waals surface area (Å²) < 4.78 is 15.5. The van der Waals surface area contributed by atoms with E-state index in [1.54, 1.807) is 26.0 Å². The lowest BCUT2D eigenvalue weighted by molar-refractivity contribution is -0.137. The van der Waals surface area contributed by atoms with E-state index in [-0.39, 0.29) is 22.6 Å². The molecule has 1 aliphatic rings. The summed E-state index contributed by atoms with van der Waals surface area (Å²) in [5.41, 5.74) is 1.73. The van der Waals surface area contributed by atoms with Gasteiger partial charge in [-0.1, -0.05) is 15.9 Å². The largest absolute Gasteiger partial charge is 0.504 e. The number of ether oxygens (including phenoxy) is 3. The van der Waals surface area contributed by atoms with Crippen LogP contribution >= 0.6 is 15.9 Å². The number of dihydropyridines is 1. The third-order valence-corrected chi connectivity index (χ3v) is 4.90. The van der Waals surface area contributed by atoms with Crippen LogP contribution in [0.1, 0.15) is 25.3 Å². The summed E-state index contributed by atoms with van der Waals surface area (Å²) in [4.78, 5) is 25.0. The Kier molecular flexibility index (Phi) is 5.97. The number of nitrogens with one attached hydrogen (secondary N) is 1. The topological polar surface area (TPSA) is 94.1 Å². The number of rotatable bonds is 4. The van der Waals surface area contributed by atoms with Crippen molar-refractivity contribution in [2.45, 2.75) is 19.8 Å². The maximum atomic E-state index is 12.5. The summed E-state index contributed by atoms with van der Waals surface area (Å²) in [5.74, 6) is -2.12. The number of phenols is 1. The minimum Gasteiger partial charge on any atom is -0.504 e. The fourth-order valence-electron chi connectivity index (χ4n) is 3.05. The second-order valence-corrected chi connectivity index (χ2v) is 6.48. The number of halogens is 1. The molecule has 0 unspecified atom stereocenters. The van der Waals surface area contributed by atoms with Crippen molar-refractivity contribution in [3.05, 3.63) is 44.7 Å². The molecule has 0 saturated carbocycles. The number of methoxy groups -OCH3 is 3. The minimum atomic E-state index is -0.902. The average Bonchev–Trinajstić information content (AvgIpc) is 2.60. The number of phenolic OH excluding ortho intramolecular Hbond substituents is 1. The van der Waals surface area contributed by atoms with Crippen molar-refractivity contribution in [1.82, 2.24) is 5.32 Å². The van der Waals surface area contributed by atoms with Gasteiger partial charge in [-0.3, -0.25) is 0 Å². The molecule has 0 amide bonds. The number of carbonyl (C=O) groups is 2. The van der Waals surface area contributed by atoms with Crippen molar-refractivity contribution in [3.63, 3.8) is 0 Å². The molecule has 0 atom stereocenters. The van der Waals surface area contributed by atoms with Crippen molar-refractivity contribution < 1.29 is 28.9 Å². The zero-order valence-electron chi connectivity index (χ0n) is 15.1. The molecule has 2 rings (SSSR count). The molecular formula is C18H20BrNO6. The highest BCUT2D eigenvalue weighted by Crippen LogP contribution is 2.48. The minimum absolute atomic E-state index is 0.183. The van der Waals surface area contributed by atoms with Gasteiger partial charge in [0.1, 0.15) is 0 Å². The molecule has 1 heterocycles. The number of carbonyl (C=O) groups excluding carboxylic acids is 2. The van der Waals surface area contributed by atoms with E-state index in [0.717, 1.165) is 0 Å². The molecule has 0 bridgehead atoms. The van der Waals surface area contributed by atoms with Crippen LogP contribution in [0.15, 0.2) is 39.1 Å². The van der Waals surface area contributed by atoms with Crippen LogP contribution < -0.4 is 10.1 Å². The normalized spacial score (nSPS) is 14.8. The van der Waals surface area contributed by atoms with Crippen LogP contribution in [0.4, 0.5) is 0 Å². The van der Waals surface area contributed by atoms with Crippen LogP contribution in [0.3, 0.4) is 0 Å². The van der Waals surface area contributed by atoms with E-state index in [4.69, 9.17) is 14.2 Å². The summed E-state index contributed by atoms with van der Waals surface area (Å²) >= 11 is 3.40. The fourth-order valence-corrected chi connectivity index (χ4v) is 3.60. The number of hydrogen-bond donors (Lipinski definition) is 2. The van der Waals surface area contributed by atoms with Gasteiger partial charge in [0.25, 0.3) is 0 Å². The highest BCUT2D eigenvalue weighted by Gasteiger charge is 2.40. The lowest BCUT2D eigenvalue weighted by atomic mass is 9.80. The van der Waals surface area contributed by atoms with Gasteiger partial charge in [0.15, 0.2) is 11.5 Å². The van der Waals surface area contributed by atoms with E-state index in [2.05, 4.69) is 21.2 Å². The Morgan fingerprint density at radius 3 is 1.96 bits per heavy atom. The summed E-state index contributed by atoms with van der Waals surface area (Å²) in [6.07, 6.45) is 0. The van der Waals surface area contributed by atoms with Gasteiger partial charge in [-0.15, -0.1) is 0 Å². The summed E-state index contributed by atoms with van der Waals surface area (Å²) in [7, 11) is 3.92. The zero-order chi connectivity index (χ0) is 19.6. The van der Waals surface area contributed by atoms with Gasteiger partial charge >= 0.3 is 11.9 Å². The van der Waals surface area contributed by atoms with E-state index in [0.29, 0.717) is 21.4 Å². The van der Waals surface area contributed by atoms with Crippen LogP contribution in [0.25, 0.3) is 0 Å². The number of aromatic hydroxyl groups is 1. The molecule has 0 radical (unpaired) electrons. The van der Waals surface area contributed by atoms with Crippen molar-refractivity contribution in [1.29, 1.82) is 0 Å². The van der Waals surface area contributed by atoms with Crippen LogP contribution in [-0.4, -0.2) is 38.4 Å². The first-order chi connectivity index (χ1) is 12.3. The predicted octanol–water partition coefficient (Wildman–Crippen LogP) is 2.74. The number of benzene rings is 1. The second kappa shape index (κ2) is 7.82. The molecule has 0 spiro atoms. The quantitative estimate of drug-likeness (QED) is 0.716. The van der Waals surface area contributed by atoms with E-state index in [1.807, 2.05) is 0 Å². The van der Waals surface area contributed by atoms with Gasteiger partial charge < -0.3 is 24.6 Å². The lowest BCUT2D eigenvalue weighted by Gasteiger charge is -2.31. The maximum absolute atomic E-state index is 12.5. The summed E-state index contributed by atoms with van der Waals surface area (Å²) in [6, 6.07) is 3.25. The van der Waals surface area contributed by atoms with Gasteiger partial charge in [-0.05, 0) is 26.0 Å². The predicted molar refractivity (Wildman–Crippen MR) is 97.7 cm³/mol. The molecule has 7 nitrogen and oxygen atoms in total. The molecule has 26 heavy (non-hydrogen) atoms. The zero-order valence-corrected chi connectivity index (χ0v) is 16.7. The Morgan fingerprint density at radius 2 is 1.54 bits per heavy atom. The molecule has 8 heteroatoms. The number of esters is 2. The molecule has 0 aromatic heterocycles. The van der Waals surface area contributed by atoms with E-state index < -0.39 is 17.9 Å². The van der Waals surface area contributed by atoms with Gasteiger partial charge in [-0.2, -0.15) is 0 Å². The molecule has 1 aromatic carbocycles. The Bertz CT molecular complexity index is 789. The molecule has 0 aliphatic carbocycles. The average molecular weight is 426 g/mol. The monoisotopic (exact) mass is 425 g/mol. The third-order valence-electron chi connectivity index (χ3n) is 4.21. The van der Waals surface area contributed by atoms with Gasteiger partial charge in [0.05, 0.1) is 38.4 Å². The molecule has 0 fully saturated rings. The Hall–Kier alpha value is -2.48. The standard InChI is InChI=1S/C18H20BrNO6/c1-8-12(17(22)25-4)15(13(9(2)20-8)18(23)26-5)14-10(19)6-7-11(24-3)16(14)21/h6-7,15,20-21H,1-5H3. The molecule has 1 aromatic rings. The first-order valence-electron chi connectivity index (χ1n) is 7.68. The smallest absolute Gasteiger partial charge is 0.336 e. The first-order valence-corrected chi connectivity index (χ1v) is 8.48. The van der Waals surface area contributed by atoms with Gasteiger partial charge in [0, 0.05) is 21.4 Å². The summed E-state index contributed by atoms with van der Waals surface area (Å²) in [6.45, 7) is 3.39. The van der Waals surface area contributed by atoms with Crippen LogP contribution in [0, 0.1) is 0 Å². The van der Waals surface area contributed by atoms with E-state index in [1.165, 1.54) is 21.3 Å². The SMILES string of the molecule is COC(=O)C1=C(C)NC(C)=C(C(=O)OC)C1c1c(Br)ccc(OC)c1O. The first kappa shape index (κ1) is 19.8. The Labute approximate surface area is 159 Å². The van der Waals surface area contributed by atoms with Crippen LogP contribution in [0.2, 0.25) is 0 Å². The van der Waals surface area contributed by atoms with Crippen LogP contribution in [0.5, 0.6) is 11.5 Å². The Balaban J connectivity index is 2.86. The third kappa shape index (κ3) is 3.29. The Morgan fingerprint density at radius 1 is 1.04 bits per heavy atom. The highest BCUT2D eigenvalue weighted by atomic mass is 79.9. The maximum Gasteiger partial charge on any atom is 0.336 e. The molecule has 0 saturated heterocycles. The lowest BCUT2D eigenvalue weighted by Crippen LogP contribution is -2.32. The number of hydrogen-bond acceptors (Lipinski definition) is 7. The van der Waals surface area contributed by atoms with E-state index >= 15 is 0 Å². The van der Waals surface area contributed by atoms with Crippen molar-refractivity contribution in [3.8, 4) is 11.5 Å². The summed E-state index contributed by atoms with van der Waals surface area (Å²) in [5, 5.41) is 13.7. The van der Waals surface area contributed by atoms with Gasteiger partial charge in [-0.25, -0.2) is 9.59 Å². The molecule has 2 N–H and O–H groups in total. The van der Waals surface area contributed by atoms with Crippen molar-refractivity contribution >= 4 is 27.9 Å². The van der Waals surface area contributed by atoms with Crippen LogP contribution in [-0.2, 0) is 19.1 Å². The second-order valence-electron chi connectivity index (χ2n) is 5.63. The molecule has 1 aliphatic heterocycles. The van der Waals surface area contributed by atoms with Gasteiger partial charge in [0.2, 0.25) is 0 Å². The van der Waals surface area contributed by atoms with Crippen molar-refractivity contribution in [2.24, 2.45) is 0 Å².